The summed E-state index contributed by atoms with van der Waals surface area (Å²) in [5.74, 6) is 1.07. The van der Waals surface area contributed by atoms with Crippen LogP contribution < -0.4 is 10.2 Å². The first-order valence-corrected chi connectivity index (χ1v) is 9.00. The second-order valence-corrected chi connectivity index (χ2v) is 7.00. The molecular formula is C18H20N4OS. The SMILES string of the molecule is CC(NC(=O)C1CCN(c2ccc(C#N)cn2)CC1)c1cccs1. The predicted octanol–water partition coefficient (Wildman–Crippen LogP) is 3.11. The Hall–Kier alpha value is -2.39. The Morgan fingerprint density at radius 1 is 1.42 bits per heavy atom. The van der Waals surface area contributed by atoms with E-state index < -0.39 is 0 Å². The zero-order valence-corrected chi connectivity index (χ0v) is 14.4. The predicted molar refractivity (Wildman–Crippen MR) is 94.8 cm³/mol. The second-order valence-electron chi connectivity index (χ2n) is 6.02. The molecule has 1 atom stereocenters. The Morgan fingerprint density at radius 3 is 2.79 bits per heavy atom. The fourth-order valence-electron chi connectivity index (χ4n) is 2.95. The van der Waals surface area contributed by atoms with E-state index >= 15 is 0 Å². The van der Waals surface area contributed by atoms with Gasteiger partial charge in [-0.05, 0) is 43.3 Å². The number of pyridine rings is 1. The number of nitrogens with one attached hydrogen (secondary N) is 1. The molecule has 2 aromatic rings. The van der Waals surface area contributed by atoms with Crippen LogP contribution >= 0.6 is 11.3 Å². The molecule has 0 aromatic carbocycles. The van der Waals surface area contributed by atoms with Crippen molar-refractivity contribution < 1.29 is 4.79 Å². The van der Waals surface area contributed by atoms with E-state index in [-0.39, 0.29) is 17.9 Å². The van der Waals surface area contributed by atoms with Gasteiger partial charge in [-0.3, -0.25) is 4.79 Å². The van der Waals surface area contributed by atoms with Crippen LogP contribution in [0.4, 0.5) is 5.82 Å². The van der Waals surface area contributed by atoms with Gasteiger partial charge in [0.25, 0.3) is 0 Å². The minimum Gasteiger partial charge on any atom is -0.357 e. The van der Waals surface area contributed by atoms with E-state index in [1.54, 1.807) is 23.6 Å². The number of piperidine rings is 1. The molecule has 2 aromatic heterocycles. The van der Waals surface area contributed by atoms with Crippen LogP contribution in [0.15, 0.2) is 35.8 Å². The first-order chi connectivity index (χ1) is 11.7. The summed E-state index contributed by atoms with van der Waals surface area (Å²) in [5, 5.41) is 14.0. The number of carbonyl (C=O) groups is 1. The van der Waals surface area contributed by atoms with Gasteiger partial charge in [0.15, 0.2) is 0 Å². The van der Waals surface area contributed by atoms with Gasteiger partial charge in [-0.25, -0.2) is 4.98 Å². The minimum atomic E-state index is 0.0574. The molecule has 1 N–H and O–H groups in total. The highest BCUT2D eigenvalue weighted by atomic mass is 32.1. The number of nitriles is 1. The van der Waals surface area contributed by atoms with E-state index in [0.29, 0.717) is 5.56 Å². The Balaban J connectivity index is 1.52. The maximum absolute atomic E-state index is 12.5. The standard InChI is InChI=1S/C18H20N4OS/c1-13(16-3-2-10-24-16)21-18(23)15-6-8-22(9-7-15)17-5-4-14(11-19)12-20-17/h2-5,10,12-13,15H,6-9H2,1H3,(H,21,23). The molecule has 0 bridgehead atoms. The van der Waals surface area contributed by atoms with Crippen molar-refractivity contribution >= 4 is 23.1 Å². The van der Waals surface area contributed by atoms with Gasteiger partial charge in [0.1, 0.15) is 11.9 Å². The average Bonchev–Trinajstić information content (AvgIpc) is 3.17. The molecular weight excluding hydrogens is 320 g/mol. The number of rotatable bonds is 4. The smallest absolute Gasteiger partial charge is 0.223 e. The lowest BCUT2D eigenvalue weighted by molar-refractivity contribution is -0.126. The van der Waals surface area contributed by atoms with E-state index in [2.05, 4.69) is 27.3 Å². The number of nitrogens with zero attached hydrogens (tertiary/aromatic N) is 3. The van der Waals surface area contributed by atoms with Crippen molar-refractivity contribution in [1.29, 1.82) is 5.26 Å². The van der Waals surface area contributed by atoms with Crippen molar-refractivity contribution in [2.45, 2.75) is 25.8 Å². The van der Waals surface area contributed by atoms with Gasteiger partial charge in [-0.1, -0.05) is 6.07 Å². The number of carbonyl (C=O) groups excluding carboxylic acids is 1. The van der Waals surface area contributed by atoms with Gasteiger partial charge in [0.2, 0.25) is 5.91 Å². The van der Waals surface area contributed by atoms with Crippen LogP contribution in [-0.2, 0) is 4.79 Å². The van der Waals surface area contributed by atoms with Crippen LogP contribution in [0, 0.1) is 17.2 Å². The van der Waals surface area contributed by atoms with E-state index in [9.17, 15) is 4.79 Å². The molecule has 0 aliphatic carbocycles. The topological polar surface area (TPSA) is 69.0 Å². The minimum absolute atomic E-state index is 0.0574. The molecule has 1 unspecified atom stereocenters. The lowest BCUT2D eigenvalue weighted by atomic mass is 9.95. The highest BCUT2D eigenvalue weighted by Gasteiger charge is 2.26. The summed E-state index contributed by atoms with van der Waals surface area (Å²) < 4.78 is 0. The quantitative estimate of drug-likeness (QED) is 0.928. The molecule has 0 spiro atoms. The number of amides is 1. The normalized spacial score (nSPS) is 16.4. The van der Waals surface area contributed by atoms with Crippen molar-refractivity contribution in [2.24, 2.45) is 5.92 Å². The average molecular weight is 340 g/mol. The summed E-state index contributed by atoms with van der Waals surface area (Å²) >= 11 is 1.67. The van der Waals surface area contributed by atoms with Crippen LogP contribution in [-0.4, -0.2) is 24.0 Å². The lowest BCUT2D eigenvalue weighted by Gasteiger charge is -2.32. The molecule has 1 amide bonds. The number of hydrogen-bond acceptors (Lipinski definition) is 5. The Labute approximate surface area is 145 Å². The highest BCUT2D eigenvalue weighted by molar-refractivity contribution is 7.10. The Bertz CT molecular complexity index is 712. The van der Waals surface area contributed by atoms with Crippen LogP contribution in [0.2, 0.25) is 0 Å². The molecule has 5 nitrogen and oxygen atoms in total. The molecule has 3 rings (SSSR count). The third-order valence-electron chi connectivity index (χ3n) is 4.40. The van der Waals surface area contributed by atoms with Crippen LogP contribution in [0.1, 0.15) is 36.2 Å². The van der Waals surface area contributed by atoms with Crippen molar-refractivity contribution in [1.82, 2.24) is 10.3 Å². The van der Waals surface area contributed by atoms with Gasteiger partial charge in [0, 0.05) is 30.1 Å². The van der Waals surface area contributed by atoms with Gasteiger partial charge < -0.3 is 10.2 Å². The molecule has 0 saturated carbocycles. The fourth-order valence-corrected chi connectivity index (χ4v) is 3.68. The van der Waals surface area contributed by atoms with Crippen molar-refractivity contribution in [3.63, 3.8) is 0 Å². The number of hydrogen-bond donors (Lipinski definition) is 1. The van der Waals surface area contributed by atoms with Crippen molar-refractivity contribution in [3.05, 3.63) is 46.3 Å². The van der Waals surface area contributed by atoms with E-state index in [1.807, 2.05) is 24.4 Å². The Morgan fingerprint density at radius 2 is 2.21 bits per heavy atom. The first kappa shape index (κ1) is 16.5. The van der Waals surface area contributed by atoms with E-state index in [0.717, 1.165) is 31.7 Å². The molecule has 3 heterocycles. The van der Waals surface area contributed by atoms with Crippen molar-refractivity contribution in [3.8, 4) is 6.07 Å². The lowest BCUT2D eigenvalue weighted by Crippen LogP contribution is -2.41. The Kier molecular flexibility index (Phi) is 5.11. The zero-order valence-electron chi connectivity index (χ0n) is 13.6. The molecule has 1 aliphatic heterocycles. The van der Waals surface area contributed by atoms with Crippen LogP contribution in [0.3, 0.4) is 0 Å². The summed E-state index contributed by atoms with van der Waals surface area (Å²) in [6.07, 6.45) is 3.24. The first-order valence-electron chi connectivity index (χ1n) is 8.12. The van der Waals surface area contributed by atoms with Crippen LogP contribution in [0.5, 0.6) is 0 Å². The third kappa shape index (κ3) is 3.74. The van der Waals surface area contributed by atoms with Gasteiger partial charge >= 0.3 is 0 Å². The fraction of sp³-hybridized carbons (Fsp3) is 0.389. The summed E-state index contributed by atoms with van der Waals surface area (Å²) in [6.45, 7) is 3.65. The number of thiophene rings is 1. The number of aromatic nitrogens is 1. The zero-order chi connectivity index (χ0) is 16.9. The number of anilines is 1. The molecule has 1 fully saturated rings. The van der Waals surface area contributed by atoms with E-state index in [1.165, 1.54) is 4.88 Å². The molecule has 0 radical (unpaired) electrons. The third-order valence-corrected chi connectivity index (χ3v) is 5.45. The van der Waals surface area contributed by atoms with Gasteiger partial charge in [0.05, 0.1) is 11.6 Å². The molecule has 1 aliphatic rings. The largest absolute Gasteiger partial charge is 0.357 e. The monoisotopic (exact) mass is 340 g/mol. The van der Waals surface area contributed by atoms with Crippen LogP contribution in [0.25, 0.3) is 0 Å². The molecule has 6 heteroatoms. The summed E-state index contributed by atoms with van der Waals surface area (Å²) in [6, 6.07) is 9.85. The molecule has 24 heavy (non-hydrogen) atoms. The summed E-state index contributed by atoms with van der Waals surface area (Å²) in [5.41, 5.74) is 0.565. The van der Waals surface area contributed by atoms with E-state index in [4.69, 9.17) is 5.26 Å². The summed E-state index contributed by atoms with van der Waals surface area (Å²) in [4.78, 5) is 20.1. The maximum atomic E-state index is 12.5. The summed E-state index contributed by atoms with van der Waals surface area (Å²) in [7, 11) is 0. The van der Waals surface area contributed by atoms with Crippen molar-refractivity contribution in [2.75, 3.05) is 18.0 Å². The molecule has 1 saturated heterocycles. The second kappa shape index (κ2) is 7.45. The molecule has 124 valence electrons. The maximum Gasteiger partial charge on any atom is 0.223 e. The van der Waals surface area contributed by atoms with Gasteiger partial charge in [-0.2, -0.15) is 5.26 Å². The highest BCUT2D eigenvalue weighted by Crippen LogP contribution is 2.24. The van der Waals surface area contributed by atoms with Gasteiger partial charge in [-0.15, -0.1) is 11.3 Å².